The normalized spacial score (nSPS) is 10.4. The lowest BCUT2D eigenvalue weighted by Crippen LogP contribution is -1.97. The van der Waals surface area contributed by atoms with Crippen molar-refractivity contribution in [3.63, 3.8) is 0 Å². The SMILES string of the molecule is Cc1c(Cl)nnc(-c2cccc([N+](=O)[O-])c2)c1C. The van der Waals surface area contributed by atoms with Gasteiger partial charge in [-0.25, -0.2) is 0 Å². The molecule has 0 radical (unpaired) electrons. The molecule has 92 valence electrons. The van der Waals surface area contributed by atoms with E-state index in [4.69, 9.17) is 11.6 Å². The van der Waals surface area contributed by atoms with E-state index in [0.29, 0.717) is 16.4 Å². The standard InChI is InChI=1S/C12H10ClN3O2/c1-7-8(2)12(13)15-14-11(7)9-4-3-5-10(6-9)16(17)18/h3-6H,1-2H3. The van der Waals surface area contributed by atoms with Gasteiger partial charge in [0.2, 0.25) is 0 Å². The highest BCUT2D eigenvalue weighted by Gasteiger charge is 2.13. The number of aromatic nitrogens is 2. The van der Waals surface area contributed by atoms with Crippen molar-refractivity contribution in [2.24, 2.45) is 0 Å². The maximum Gasteiger partial charge on any atom is 0.270 e. The number of non-ortho nitro benzene ring substituents is 1. The van der Waals surface area contributed by atoms with E-state index >= 15 is 0 Å². The van der Waals surface area contributed by atoms with Crippen molar-refractivity contribution in [1.82, 2.24) is 10.2 Å². The van der Waals surface area contributed by atoms with Crippen molar-refractivity contribution in [3.05, 3.63) is 50.7 Å². The van der Waals surface area contributed by atoms with E-state index < -0.39 is 4.92 Å². The first-order chi connectivity index (χ1) is 8.50. The molecule has 2 aromatic rings. The van der Waals surface area contributed by atoms with Crippen LogP contribution in [0.15, 0.2) is 24.3 Å². The van der Waals surface area contributed by atoms with Crippen LogP contribution in [0.25, 0.3) is 11.3 Å². The summed E-state index contributed by atoms with van der Waals surface area (Å²) in [6.45, 7) is 3.71. The van der Waals surface area contributed by atoms with E-state index in [1.165, 1.54) is 12.1 Å². The van der Waals surface area contributed by atoms with Crippen LogP contribution in [0.3, 0.4) is 0 Å². The number of nitrogens with zero attached hydrogens (tertiary/aromatic N) is 3. The second kappa shape index (κ2) is 4.70. The molecule has 18 heavy (non-hydrogen) atoms. The summed E-state index contributed by atoms with van der Waals surface area (Å²) in [4.78, 5) is 10.3. The monoisotopic (exact) mass is 263 g/mol. The lowest BCUT2D eigenvalue weighted by atomic mass is 10.0. The molecular formula is C12H10ClN3O2. The molecule has 0 aliphatic rings. The molecular weight excluding hydrogens is 254 g/mol. The highest BCUT2D eigenvalue weighted by Crippen LogP contribution is 2.27. The summed E-state index contributed by atoms with van der Waals surface area (Å²) in [5.41, 5.74) is 3.00. The third kappa shape index (κ3) is 2.17. The van der Waals surface area contributed by atoms with Crippen molar-refractivity contribution < 1.29 is 4.92 Å². The molecule has 1 aromatic carbocycles. The van der Waals surface area contributed by atoms with Crippen LogP contribution in [0.2, 0.25) is 5.15 Å². The molecule has 5 nitrogen and oxygen atoms in total. The summed E-state index contributed by atoms with van der Waals surface area (Å²) in [7, 11) is 0. The Morgan fingerprint density at radius 3 is 2.61 bits per heavy atom. The van der Waals surface area contributed by atoms with Gasteiger partial charge in [-0.05, 0) is 25.0 Å². The summed E-state index contributed by atoms with van der Waals surface area (Å²) >= 11 is 5.87. The van der Waals surface area contributed by atoms with Crippen LogP contribution in [0.4, 0.5) is 5.69 Å². The Morgan fingerprint density at radius 2 is 1.94 bits per heavy atom. The molecule has 0 aliphatic heterocycles. The van der Waals surface area contributed by atoms with Crippen molar-refractivity contribution in [2.45, 2.75) is 13.8 Å². The molecule has 0 saturated carbocycles. The van der Waals surface area contributed by atoms with E-state index in [-0.39, 0.29) is 5.69 Å². The summed E-state index contributed by atoms with van der Waals surface area (Å²) in [6.07, 6.45) is 0. The highest BCUT2D eigenvalue weighted by molar-refractivity contribution is 6.30. The fourth-order valence-electron chi connectivity index (χ4n) is 1.62. The van der Waals surface area contributed by atoms with Crippen molar-refractivity contribution in [3.8, 4) is 11.3 Å². The topological polar surface area (TPSA) is 68.9 Å². The molecule has 1 aromatic heterocycles. The largest absolute Gasteiger partial charge is 0.270 e. The van der Waals surface area contributed by atoms with E-state index in [0.717, 1.165) is 11.1 Å². The van der Waals surface area contributed by atoms with E-state index in [1.807, 2.05) is 13.8 Å². The molecule has 0 atom stereocenters. The average Bonchev–Trinajstić information content (AvgIpc) is 2.36. The Morgan fingerprint density at radius 1 is 1.22 bits per heavy atom. The average molecular weight is 264 g/mol. The number of halogens is 1. The van der Waals surface area contributed by atoms with Gasteiger partial charge in [-0.3, -0.25) is 10.1 Å². The maximum absolute atomic E-state index is 10.7. The smallest absolute Gasteiger partial charge is 0.258 e. The van der Waals surface area contributed by atoms with Gasteiger partial charge in [-0.1, -0.05) is 23.7 Å². The Balaban J connectivity index is 2.59. The van der Waals surface area contributed by atoms with Crippen molar-refractivity contribution in [1.29, 1.82) is 0 Å². The van der Waals surface area contributed by atoms with Crippen molar-refractivity contribution >= 4 is 17.3 Å². The van der Waals surface area contributed by atoms with Crippen LogP contribution in [-0.2, 0) is 0 Å². The number of rotatable bonds is 2. The zero-order chi connectivity index (χ0) is 13.3. The first-order valence-corrected chi connectivity index (χ1v) is 5.62. The minimum atomic E-state index is -0.435. The molecule has 2 rings (SSSR count). The van der Waals surface area contributed by atoms with Crippen LogP contribution in [0.1, 0.15) is 11.1 Å². The number of benzene rings is 1. The molecule has 0 spiro atoms. The van der Waals surface area contributed by atoms with Gasteiger partial charge in [-0.15, -0.1) is 10.2 Å². The van der Waals surface area contributed by atoms with Gasteiger partial charge in [0.15, 0.2) is 5.15 Å². The van der Waals surface area contributed by atoms with Gasteiger partial charge >= 0.3 is 0 Å². The quantitative estimate of drug-likeness (QED) is 0.616. The van der Waals surface area contributed by atoms with Gasteiger partial charge < -0.3 is 0 Å². The first kappa shape index (κ1) is 12.4. The summed E-state index contributed by atoms with van der Waals surface area (Å²) < 4.78 is 0. The van der Waals surface area contributed by atoms with Gasteiger partial charge in [0.05, 0.1) is 10.6 Å². The van der Waals surface area contributed by atoms with E-state index in [2.05, 4.69) is 10.2 Å². The molecule has 0 saturated heterocycles. The minimum Gasteiger partial charge on any atom is -0.258 e. The molecule has 0 N–H and O–H groups in total. The summed E-state index contributed by atoms with van der Waals surface area (Å²) in [5.74, 6) is 0. The zero-order valence-corrected chi connectivity index (χ0v) is 10.6. The van der Waals surface area contributed by atoms with Crippen molar-refractivity contribution in [2.75, 3.05) is 0 Å². The first-order valence-electron chi connectivity index (χ1n) is 5.25. The predicted octanol–water partition coefficient (Wildman–Crippen LogP) is 3.32. The van der Waals surface area contributed by atoms with Gasteiger partial charge in [0.25, 0.3) is 5.69 Å². The molecule has 0 aliphatic carbocycles. The highest BCUT2D eigenvalue weighted by atomic mass is 35.5. The Labute approximate surface area is 109 Å². The summed E-state index contributed by atoms with van der Waals surface area (Å²) in [6, 6.07) is 6.30. The Hall–Kier alpha value is -2.01. The fraction of sp³-hybridized carbons (Fsp3) is 0.167. The molecule has 0 fully saturated rings. The second-order valence-corrected chi connectivity index (χ2v) is 4.25. The lowest BCUT2D eigenvalue weighted by Gasteiger charge is -2.07. The Kier molecular flexibility index (Phi) is 3.25. The number of nitro benzene ring substituents is 1. The zero-order valence-electron chi connectivity index (χ0n) is 9.85. The van der Waals surface area contributed by atoms with Crippen LogP contribution in [0.5, 0.6) is 0 Å². The third-order valence-corrected chi connectivity index (χ3v) is 3.15. The molecule has 1 heterocycles. The van der Waals surface area contributed by atoms with Crippen LogP contribution in [0, 0.1) is 24.0 Å². The maximum atomic E-state index is 10.7. The fourth-order valence-corrected chi connectivity index (χ4v) is 1.80. The summed E-state index contributed by atoms with van der Waals surface area (Å²) in [5, 5.41) is 18.9. The molecule has 0 unspecified atom stereocenters. The Bertz CT molecular complexity index is 629. The van der Waals surface area contributed by atoms with Gasteiger partial charge in [0, 0.05) is 17.7 Å². The number of hydrogen-bond donors (Lipinski definition) is 0. The second-order valence-electron chi connectivity index (χ2n) is 3.90. The van der Waals surface area contributed by atoms with Gasteiger partial charge in [0.1, 0.15) is 0 Å². The molecule has 0 amide bonds. The van der Waals surface area contributed by atoms with Gasteiger partial charge in [-0.2, -0.15) is 0 Å². The van der Waals surface area contributed by atoms with Crippen LogP contribution >= 0.6 is 11.6 Å². The van der Waals surface area contributed by atoms with Crippen LogP contribution < -0.4 is 0 Å². The number of nitro groups is 1. The van der Waals surface area contributed by atoms with E-state index in [1.54, 1.807) is 12.1 Å². The predicted molar refractivity (Wildman–Crippen MR) is 68.6 cm³/mol. The lowest BCUT2D eigenvalue weighted by molar-refractivity contribution is -0.384. The molecule has 6 heteroatoms. The number of hydrogen-bond acceptors (Lipinski definition) is 4. The van der Waals surface area contributed by atoms with Crippen LogP contribution in [-0.4, -0.2) is 15.1 Å². The minimum absolute atomic E-state index is 0.0290. The molecule has 0 bridgehead atoms. The third-order valence-electron chi connectivity index (χ3n) is 2.80. The van der Waals surface area contributed by atoms with E-state index in [9.17, 15) is 10.1 Å².